The number of ether oxygens (including phenoxy) is 1. The first kappa shape index (κ1) is 20.1. The van der Waals surface area contributed by atoms with Crippen molar-refractivity contribution in [1.29, 1.82) is 0 Å². The summed E-state index contributed by atoms with van der Waals surface area (Å²) < 4.78 is 5.23. The number of carboxylic acid groups (broad SMARTS) is 1. The van der Waals surface area contributed by atoms with Crippen LogP contribution in [-0.4, -0.2) is 34.9 Å². The van der Waals surface area contributed by atoms with E-state index in [-0.39, 0.29) is 29.3 Å². The predicted octanol–water partition coefficient (Wildman–Crippen LogP) is 3.72. The van der Waals surface area contributed by atoms with Gasteiger partial charge >= 0.3 is 11.9 Å². The number of allylic oxidation sites excluding steroid dienone is 2. The second kappa shape index (κ2) is 6.77. The van der Waals surface area contributed by atoms with Gasteiger partial charge in [0.15, 0.2) is 0 Å². The Morgan fingerprint density at radius 2 is 2.04 bits per heavy atom. The molecule has 3 aliphatic rings. The zero-order valence-corrected chi connectivity index (χ0v) is 16.7. The van der Waals surface area contributed by atoms with Crippen molar-refractivity contribution in [2.45, 2.75) is 65.4 Å². The largest absolute Gasteiger partial charge is 0.481 e. The molecule has 6 unspecified atom stereocenters. The number of aliphatic hydroxyl groups is 1. The number of hydrogen-bond acceptors (Lipinski definition) is 4. The number of carbonyl (C=O) groups excluding carboxylic acids is 1. The fourth-order valence-electron chi connectivity index (χ4n) is 6.13. The van der Waals surface area contributed by atoms with Crippen molar-refractivity contribution in [3.8, 4) is 0 Å². The van der Waals surface area contributed by atoms with Gasteiger partial charge in [0, 0.05) is 12.3 Å². The molecule has 2 N–H and O–H groups in total. The SMILES string of the molecule is C=CC1(C)C=C2C(O)CC3C(COC(C)=O)(C(=O)O)CCCC3(C)C2CC1. The zero-order chi connectivity index (χ0) is 20.0. The van der Waals surface area contributed by atoms with Crippen molar-refractivity contribution in [3.63, 3.8) is 0 Å². The number of rotatable bonds is 4. The second-order valence-electron chi connectivity index (χ2n) is 9.35. The van der Waals surface area contributed by atoms with Crippen LogP contribution in [0.5, 0.6) is 0 Å². The molecule has 0 radical (unpaired) electrons. The van der Waals surface area contributed by atoms with Crippen molar-refractivity contribution < 1.29 is 24.5 Å². The van der Waals surface area contributed by atoms with E-state index in [0.29, 0.717) is 12.8 Å². The summed E-state index contributed by atoms with van der Waals surface area (Å²) in [4.78, 5) is 23.8. The molecule has 3 aliphatic carbocycles. The first-order valence-corrected chi connectivity index (χ1v) is 9.99. The molecule has 5 nitrogen and oxygen atoms in total. The van der Waals surface area contributed by atoms with Gasteiger partial charge in [-0.25, -0.2) is 0 Å². The van der Waals surface area contributed by atoms with Gasteiger partial charge in [0.05, 0.1) is 6.10 Å². The van der Waals surface area contributed by atoms with Crippen LogP contribution >= 0.6 is 0 Å². The lowest BCUT2D eigenvalue weighted by atomic mass is 9.44. The summed E-state index contributed by atoms with van der Waals surface area (Å²) in [6, 6.07) is 0. The predicted molar refractivity (Wildman–Crippen MR) is 102 cm³/mol. The van der Waals surface area contributed by atoms with Crippen LogP contribution in [0.3, 0.4) is 0 Å². The molecule has 0 saturated heterocycles. The minimum absolute atomic E-state index is 0.110. The summed E-state index contributed by atoms with van der Waals surface area (Å²) in [5.41, 5.74) is -0.405. The first-order valence-electron chi connectivity index (χ1n) is 9.99. The molecular formula is C22H32O5. The number of aliphatic hydroxyl groups excluding tert-OH is 1. The van der Waals surface area contributed by atoms with Crippen LogP contribution in [0.25, 0.3) is 0 Å². The van der Waals surface area contributed by atoms with Crippen LogP contribution in [0.15, 0.2) is 24.3 Å². The number of fused-ring (bicyclic) bond motifs is 3. The monoisotopic (exact) mass is 376 g/mol. The lowest BCUT2D eigenvalue weighted by Gasteiger charge is -2.60. The molecule has 0 aliphatic heterocycles. The number of esters is 1. The van der Waals surface area contributed by atoms with Crippen LogP contribution in [-0.2, 0) is 14.3 Å². The van der Waals surface area contributed by atoms with E-state index < -0.39 is 23.5 Å². The van der Waals surface area contributed by atoms with E-state index >= 15 is 0 Å². The lowest BCUT2D eigenvalue weighted by molar-refractivity contribution is -0.182. The van der Waals surface area contributed by atoms with Crippen molar-refractivity contribution in [2.75, 3.05) is 6.61 Å². The smallest absolute Gasteiger partial charge is 0.313 e. The second-order valence-corrected chi connectivity index (χ2v) is 9.35. The topological polar surface area (TPSA) is 83.8 Å². The molecule has 2 saturated carbocycles. The maximum Gasteiger partial charge on any atom is 0.313 e. The van der Waals surface area contributed by atoms with E-state index in [1.54, 1.807) is 0 Å². The van der Waals surface area contributed by atoms with Crippen molar-refractivity contribution in [3.05, 3.63) is 24.3 Å². The number of aliphatic carboxylic acids is 1. The normalized spacial score (nSPS) is 43.7. The minimum Gasteiger partial charge on any atom is -0.481 e. The van der Waals surface area contributed by atoms with Gasteiger partial charge in [0.2, 0.25) is 0 Å². The average Bonchev–Trinajstić information content (AvgIpc) is 2.61. The van der Waals surface area contributed by atoms with E-state index in [1.165, 1.54) is 6.92 Å². The molecule has 0 spiro atoms. The third-order valence-electron chi connectivity index (χ3n) is 7.74. The maximum absolute atomic E-state index is 12.4. The minimum atomic E-state index is -1.12. The molecular weight excluding hydrogens is 344 g/mol. The summed E-state index contributed by atoms with van der Waals surface area (Å²) in [7, 11) is 0. The van der Waals surface area contributed by atoms with E-state index in [4.69, 9.17) is 4.74 Å². The average molecular weight is 376 g/mol. The van der Waals surface area contributed by atoms with Gasteiger partial charge in [-0.2, -0.15) is 0 Å². The summed E-state index contributed by atoms with van der Waals surface area (Å²) >= 11 is 0. The summed E-state index contributed by atoms with van der Waals surface area (Å²) in [6.45, 7) is 9.47. The summed E-state index contributed by atoms with van der Waals surface area (Å²) in [5.74, 6) is -1.43. The highest BCUT2D eigenvalue weighted by Gasteiger charge is 2.62. The lowest BCUT2D eigenvalue weighted by Crippen LogP contribution is -2.59. The fourth-order valence-corrected chi connectivity index (χ4v) is 6.13. The van der Waals surface area contributed by atoms with Crippen molar-refractivity contribution >= 4 is 11.9 Å². The molecule has 6 atom stereocenters. The van der Waals surface area contributed by atoms with Gasteiger partial charge in [-0.05, 0) is 54.9 Å². The van der Waals surface area contributed by atoms with E-state index in [2.05, 4.69) is 26.5 Å². The summed E-state index contributed by atoms with van der Waals surface area (Å²) in [5, 5.41) is 21.1. The van der Waals surface area contributed by atoms with Crippen LogP contribution in [0.2, 0.25) is 0 Å². The van der Waals surface area contributed by atoms with E-state index in [0.717, 1.165) is 31.3 Å². The van der Waals surface area contributed by atoms with Gasteiger partial charge in [-0.3, -0.25) is 9.59 Å². The van der Waals surface area contributed by atoms with Crippen LogP contribution < -0.4 is 0 Å². The quantitative estimate of drug-likeness (QED) is 0.577. The van der Waals surface area contributed by atoms with Gasteiger partial charge in [-0.1, -0.05) is 32.4 Å². The Balaban J connectivity index is 2.03. The number of carboxylic acids is 1. The third-order valence-corrected chi connectivity index (χ3v) is 7.74. The van der Waals surface area contributed by atoms with Crippen molar-refractivity contribution in [1.82, 2.24) is 0 Å². The Kier molecular flexibility index (Phi) is 5.04. The van der Waals surface area contributed by atoms with Gasteiger partial charge in [-0.15, -0.1) is 6.58 Å². The molecule has 0 amide bonds. The Bertz CT molecular complexity index is 682. The van der Waals surface area contributed by atoms with Crippen LogP contribution in [0.1, 0.15) is 59.3 Å². The molecule has 0 aromatic rings. The van der Waals surface area contributed by atoms with Crippen LogP contribution in [0.4, 0.5) is 0 Å². The molecule has 150 valence electrons. The number of carbonyl (C=O) groups is 2. The highest BCUT2D eigenvalue weighted by atomic mass is 16.5. The standard InChI is InChI=1S/C22H32O5/c1-5-20(3)10-7-16-15(12-20)17(24)11-18-21(16,4)8-6-9-22(18,19(25)26)13-27-14(2)23/h5,12,16-18,24H,1,6-11,13H2,2-4H3,(H,25,26). The Morgan fingerprint density at radius 1 is 1.33 bits per heavy atom. The summed E-state index contributed by atoms with van der Waals surface area (Å²) in [6.07, 6.45) is 7.95. The van der Waals surface area contributed by atoms with Gasteiger partial charge in [0.1, 0.15) is 12.0 Å². The maximum atomic E-state index is 12.4. The molecule has 27 heavy (non-hydrogen) atoms. The molecule has 0 heterocycles. The van der Waals surface area contributed by atoms with Gasteiger partial charge < -0.3 is 14.9 Å². The Hall–Kier alpha value is -1.62. The van der Waals surface area contributed by atoms with Crippen molar-refractivity contribution in [2.24, 2.45) is 28.1 Å². The molecule has 0 aromatic carbocycles. The molecule has 2 fully saturated rings. The highest BCUT2D eigenvalue weighted by molar-refractivity contribution is 5.76. The molecule has 0 bridgehead atoms. The molecule has 0 aromatic heterocycles. The molecule has 3 rings (SSSR count). The Labute approximate surface area is 161 Å². The fraction of sp³-hybridized carbons (Fsp3) is 0.727. The van der Waals surface area contributed by atoms with Crippen LogP contribution in [0, 0.1) is 28.1 Å². The van der Waals surface area contributed by atoms with Gasteiger partial charge in [0.25, 0.3) is 0 Å². The Morgan fingerprint density at radius 3 is 2.63 bits per heavy atom. The van der Waals surface area contributed by atoms with E-state index in [9.17, 15) is 19.8 Å². The molecule has 5 heteroatoms. The zero-order valence-electron chi connectivity index (χ0n) is 16.7. The van der Waals surface area contributed by atoms with E-state index in [1.807, 2.05) is 6.08 Å². The number of hydrogen-bond donors (Lipinski definition) is 2. The third kappa shape index (κ3) is 3.14. The highest BCUT2D eigenvalue weighted by Crippen LogP contribution is 2.64. The first-order chi connectivity index (χ1) is 12.6.